The highest BCUT2D eigenvalue weighted by atomic mass is 16.5. The highest BCUT2D eigenvalue weighted by Gasteiger charge is 2.50. The highest BCUT2D eigenvalue weighted by molar-refractivity contribution is 5.82. The molecule has 2 aromatic rings. The van der Waals surface area contributed by atoms with Gasteiger partial charge in [-0.05, 0) is 50.3 Å². The summed E-state index contributed by atoms with van der Waals surface area (Å²) in [5, 5.41) is 0. The van der Waals surface area contributed by atoms with Crippen LogP contribution in [0, 0.1) is 5.92 Å². The minimum absolute atomic E-state index is 0.220. The molecule has 1 aromatic heterocycles. The molecule has 1 N–H and O–H groups in total. The Balaban J connectivity index is 1.31. The lowest BCUT2D eigenvalue weighted by Gasteiger charge is -2.50. The molecule has 0 unspecified atom stereocenters. The minimum Gasteiger partial charge on any atom is -0.494 e. The van der Waals surface area contributed by atoms with Crippen LogP contribution in [0.2, 0.25) is 0 Å². The average Bonchev–Trinajstić information content (AvgIpc) is 3.48. The van der Waals surface area contributed by atoms with E-state index in [2.05, 4.69) is 39.0 Å². The van der Waals surface area contributed by atoms with Crippen LogP contribution in [0.4, 0.5) is 0 Å². The van der Waals surface area contributed by atoms with Gasteiger partial charge in [-0.15, -0.1) is 0 Å². The molecule has 1 spiro atoms. The van der Waals surface area contributed by atoms with Gasteiger partial charge in [0.2, 0.25) is 5.91 Å². The maximum Gasteiger partial charge on any atom is 0.226 e. The smallest absolute Gasteiger partial charge is 0.226 e. The zero-order valence-corrected chi connectivity index (χ0v) is 17.2. The second-order valence-electron chi connectivity index (χ2n) is 8.63. The van der Waals surface area contributed by atoms with Crippen LogP contribution in [0.25, 0.3) is 0 Å². The first kappa shape index (κ1) is 18.7. The van der Waals surface area contributed by atoms with Gasteiger partial charge >= 0.3 is 0 Å². The average molecular weight is 395 g/mol. The summed E-state index contributed by atoms with van der Waals surface area (Å²) in [5.41, 5.74) is 3.44. The van der Waals surface area contributed by atoms with Gasteiger partial charge in [-0.3, -0.25) is 9.69 Å². The maximum atomic E-state index is 13.1. The number of nitrogens with one attached hydrogen (secondary N) is 1. The van der Waals surface area contributed by atoms with Crippen molar-refractivity contribution in [3.63, 3.8) is 0 Å². The van der Waals surface area contributed by atoms with Crippen molar-refractivity contribution in [2.24, 2.45) is 5.92 Å². The van der Waals surface area contributed by atoms with Gasteiger partial charge in [-0.2, -0.15) is 0 Å². The highest BCUT2D eigenvalue weighted by Crippen LogP contribution is 2.45. The van der Waals surface area contributed by atoms with Gasteiger partial charge in [-0.25, -0.2) is 4.98 Å². The first-order chi connectivity index (χ1) is 14.2. The molecule has 2 aliphatic heterocycles. The summed E-state index contributed by atoms with van der Waals surface area (Å²) >= 11 is 0. The zero-order chi connectivity index (χ0) is 19.8. The van der Waals surface area contributed by atoms with Gasteiger partial charge in [0.15, 0.2) is 0 Å². The van der Waals surface area contributed by atoms with Gasteiger partial charge in [0, 0.05) is 44.2 Å². The van der Waals surface area contributed by atoms with E-state index in [-0.39, 0.29) is 11.5 Å². The van der Waals surface area contributed by atoms with Gasteiger partial charge in [0.05, 0.1) is 24.2 Å². The number of nitrogens with zero attached hydrogens (tertiary/aromatic N) is 3. The van der Waals surface area contributed by atoms with Crippen molar-refractivity contribution in [3.8, 4) is 5.75 Å². The van der Waals surface area contributed by atoms with E-state index in [0.717, 1.165) is 69.7 Å². The number of aromatic nitrogens is 2. The number of imidazole rings is 1. The molecule has 1 aliphatic carbocycles. The van der Waals surface area contributed by atoms with Crippen LogP contribution in [0.3, 0.4) is 0 Å². The molecule has 0 atom stereocenters. The zero-order valence-electron chi connectivity index (χ0n) is 17.2. The van der Waals surface area contributed by atoms with Crippen LogP contribution in [0.15, 0.2) is 30.6 Å². The molecule has 6 heteroatoms. The number of ether oxygens (including phenoxy) is 1. The van der Waals surface area contributed by atoms with Crippen molar-refractivity contribution >= 4 is 5.91 Å². The molecule has 154 valence electrons. The number of fused-ring (bicyclic) bond motifs is 2. The van der Waals surface area contributed by atoms with Gasteiger partial charge in [0.1, 0.15) is 5.75 Å². The Morgan fingerprint density at radius 3 is 2.66 bits per heavy atom. The fraction of sp³-hybridized carbons (Fsp3) is 0.565. The number of carbonyl (C=O) groups excluding carboxylic acids is 1. The van der Waals surface area contributed by atoms with E-state index in [1.54, 1.807) is 0 Å². The number of hydrogen-bond donors (Lipinski definition) is 1. The summed E-state index contributed by atoms with van der Waals surface area (Å²) < 4.78 is 5.55. The molecule has 6 nitrogen and oxygen atoms in total. The van der Waals surface area contributed by atoms with Crippen LogP contribution in [0.1, 0.15) is 49.6 Å². The van der Waals surface area contributed by atoms with Crippen molar-refractivity contribution < 1.29 is 9.53 Å². The lowest BCUT2D eigenvalue weighted by atomic mass is 9.78. The SMILES string of the molecule is CCOc1ccc(CN2CCC3(CC2)c2nc[nH]c2CCN3C(=O)C2CC2)cc1. The number of carbonyl (C=O) groups is 1. The van der Waals surface area contributed by atoms with Crippen LogP contribution in [-0.4, -0.2) is 51.9 Å². The van der Waals surface area contributed by atoms with Gasteiger partial charge in [-0.1, -0.05) is 12.1 Å². The second kappa shape index (κ2) is 7.48. The Kier molecular flexibility index (Phi) is 4.82. The first-order valence-corrected chi connectivity index (χ1v) is 11.0. The number of amides is 1. The quantitative estimate of drug-likeness (QED) is 0.847. The summed E-state index contributed by atoms with van der Waals surface area (Å²) in [6.07, 6.45) is 6.74. The summed E-state index contributed by atoms with van der Waals surface area (Å²) in [6.45, 7) is 6.42. The van der Waals surface area contributed by atoms with Gasteiger partial charge < -0.3 is 14.6 Å². The van der Waals surface area contributed by atoms with E-state index >= 15 is 0 Å². The monoisotopic (exact) mass is 394 g/mol. The largest absolute Gasteiger partial charge is 0.494 e. The molecular weight excluding hydrogens is 364 g/mol. The lowest BCUT2D eigenvalue weighted by molar-refractivity contribution is -0.143. The van der Waals surface area contributed by atoms with Crippen molar-refractivity contribution in [1.82, 2.24) is 19.8 Å². The molecule has 3 aliphatic rings. The third-order valence-corrected chi connectivity index (χ3v) is 6.78. The first-order valence-electron chi connectivity index (χ1n) is 11.0. The summed E-state index contributed by atoms with van der Waals surface area (Å²) in [4.78, 5) is 25.8. The number of aromatic amines is 1. The van der Waals surface area contributed by atoms with E-state index in [1.807, 2.05) is 13.3 Å². The molecule has 0 radical (unpaired) electrons. The number of likely N-dealkylation sites (tertiary alicyclic amines) is 1. The maximum absolute atomic E-state index is 13.1. The number of piperidine rings is 1. The molecule has 1 saturated carbocycles. The third kappa shape index (κ3) is 3.44. The predicted molar refractivity (Wildman–Crippen MR) is 111 cm³/mol. The summed E-state index contributed by atoms with van der Waals surface area (Å²) in [5.74, 6) is 1.55. The Bertz CT molecular complexity index is 863. The van der Waals surface area contributed by atoms with Crippen molar-refractivity contribution in [2.75, 3.05) is 26.2 Å². The fourth-order valence-electron chi connectivity index (χ4n) is 5.05. The van der Waals surface area contributed by atoms with Crippen molar-refractivity contribution in [3.05, 3.63) is 47.5 Å². The Hall–Kier alpha value is -2.34. The molecule has 5 rings (SSSR count). The predicted octanol–water partition coefficient (Wildman–Crippen LogP) is 3.09. The van der Waals surface area contributed by atoms with E-state index in [1.165, 1.54) is 11.3 Å². The Labute approximate surface area is 172 Å². The number of H-pyrrole nitrogens is 1. The molecule has 29 heavy (non-hydrogen) atoms. The lowest BCUT2D eigenvalue weighted by Crippen LogP contribution is -2.58. The molecule has 0 bridgehead atoms. The van der Waals surface area contributed by atoms with Crippen LogP contribution in [0.5, 0.6) is 5.75 Å². The molecule has 2 fully saturated rings. The number of rotatable bonds is 5. The molecular formula is C23H30N4O2. The van der Waals surface area contributed by atoms with Crippen LogP contribution >= 0.6 is 0 Å². The second-order valence-corrected chi connectivity index (χ2v) is 8.63. The Morgan fingerprint density at radius 2 is 1.97 bits per heavy atom. The van der Waals surface area contributed by atoms with E-state index < -0.39 is 0 Å². The minimum atomic E-state index is -0.220. The van der Waals surface area contributed by atoms with Crippen LogP contribution < -0.4 is 4.74 Å². The topological polar surface area (TPSA) is 61.5 Å². The van der Waals surface area contributed by atoms with Crippen molar-refractivity contribution in [2.45, 2.75) is 51.1 Å². The third-order valence-electron chi connectivity index (χ3n) is 6.78. The van der Waals surface area contributed by atoms with Crippen LogP contribution in [-0.2, 0) is 23.3 Å². The van der Waals surface area contributed by atoms with Gasteiger partial charge in [0.25, 0.3) is 0 Å². The summed E-state index contributed by atoms with van der Waals surface area (Å²) in [7, 11) is 0. The normalized spacial score (nSPS) is 21.2. The molecule has 1 amide bonds. The van der Waals surface area contributed by atoms with Crippen molar-refractivity contribution in [1.29, 1.82) is 0 Å². The molecule has 1 saturated heterocycles. The van der Waals surface area contributed by atoms with E-state index in [9.17, 15) is 4.79 Å². The van der Waals surface area contributed by atoms with E-state index in [0.29, 0.717) is 12.5 Å². The van der Waals surface area contributed by atoms with E-state index in [4.69, 9.17) is 9.72 Å². The summed E-state index contributed by atoms with van der Waals surface area (Å²) in [6, 6.07) is 8.42. The molecule has 1 aromatic carbocycles. The number of benzene rings is 1. The number of hydrogen-bond acceptors (Lipinski definition) is 4. The fourth-order valence-corrected chi connectivity index (χ4v) is 5.05. The molecule has 3 heterocycles. The standard InChI is InChI=1S/C23H30N4O2/c1-2-29-19-7-3-17(4-8-19)15-26-13-10-23(11-14-26)21-20(24-16-25-21)9-12-27(23)22(28)18-5-6-18/h3-4,7-8,16,18H,2,5-6,9-15H2,1H3,(H,24,25). The Morgan fingerprint density at radius 1 is 1.21 bits per heavy atom.